The number of benzene rings is 4. The van der Waals surface area contributed by atoms with Crippen molar-refractivity contribution in [3.05, 3.63) is 125 Å². The van der Waals surface area contributed by atoms with E-state index in [1.807, 2.05) is 75.4 Å². The quantitative estimate of drug-likeness (QED) is 0.169. The zero-order valence-electron chi connectivity index (χ0n) is 26.5. The van der Waals surface area contributed by atoms with E-state index in [-0.39, 0.29) is 35.5 Å². The van der Waals surface area contributed by atoms with Crippen molar-refractivity contribution in [2.45, 2.75) is 57.1 Å². The first-order chi connectivity index (χ1) is 22.0. The molecule has 1 N–H and O–H groups in total. The first kappa shape index (κ1) is 34.5. The third-order valence-electron chi connectivity index (χ3n) is 7.73. The lowest BCUT2D eigenvalue weighted by Crippen LogP contribution is -2.54. The average molecular weight is 662 g/mol. The fraction of sp³-hybridized carbons (Fsp3) is 0.278. The first-order valence-corrected chi connectivity index (χ1v) is 16.9. The average Bonchev–Trinajstić information content (AvgIpc) is 3.05. The molecular formula is C36H40ClN3O5S. The van der Waals surface area contributed by atoms with Gasteiger partial charge in [0.1, 0.15) is 18.3 Å². The van der Waals surface area contributed by atoms with E-state index in [0.717, 1.165) is 21.0 Å². The highest BCUT2D eigenvalue weighted by molar-refractivity contribution is 7.92. The maximum atomic E-state index is 14.6. The highest BCUT2D eigenvalue weighted by Gasteiger charge is 2.35. The van der Waals surface area contributed by atoms with Gasteiger partial charge in [0.25, 0.3) is 10.0 Å². The Labute approximate surface area is 277 Å². The molecule has 0 saturated carbocycles. The van der Waals surface area contributed by atoms with E-state index in [1.165, 1.54) is 30.2 Å². The molecule has 0 bridgehead atoms. The van der Waals surface area contributed by atoms with Gasteiger partial charge in [-0.1, -0.05) is 84.8 Å². The van der Waals surface area contributed by atoms with Crippen molar-refractivity contribution in [1.82, 2.24) is 10.2 Å². The molecule has 0 heterocycles. The van der Waals surface area contributed by atoms with Crippen LogP contribution in [0.15, 0.2) is 108 Å². The Balaban J connectivity index is 1.81. The molecule has 0 aliphatic rings. The van der Waals surface area contributed by atoms with Crippen LogP contribution in [-0.4, -0.2) is 50.9 Å². The molecule has 4 aromatic carbocycles. The lowest BCUT2D eigenvalue weighted by molar-refractivity contribution is -0.140. The van der Waals surface area contributed by atoms with E-state index < -0.39 is 28.5 Å². The third kappa shape index (κ3) is 8.89. The molecule has 8 nitrogen and oxygen atoms in total. The van der Waals surface area contributed by atoms with Gasteiger partial charge in [0, 0.05) is 24.0 Å². The molecule has 0 aromatic heterocycles. The zero-order valence-corrected chi connectivity index (χ0v) is 28.1. The zero-order chi connectivity index (χ0) is 33.3. The van der Waals surface area contributed by atoms with Gasteiger partial charge in [0.2, 0.25) is 11.8 Å². The number of nitrogens with one attached hydrogen (secondary N) is 1. The number of anilines is 1. The topological polar surface area (TPSA) is 96.0 Å². The summed E-state index contributed by atoms with van der Waals surface area (Å²) in [6.45, 7) is 5.36. The summed E-state index contributed by atoms with van der Waals surface area (Å²) in [5.41, 5.74) is 2.90. The highest BCUT2D eigenvalue weighted by Crippen LogP contribution is 2.28. The van der Waals surface area contributed by atoms with E-state index >= 15 is 0 Å². The van der Waals surface area contributed by atoms with Crippen LogP contribution in [0.25, 0.3) is 0 Å². The molecule has 46 heavy (non-hydrogen) atoms. The summed E-state index contributed by atoms with van der Waals surface area (Å²) >= 11 is 6.30. The highest BCUT2D eigenvalue weighted by atomic mass is 35.5. The minimum Gasteiger partial charge on any atom is -0.497 e. The minimum atomic E-state index is -4.26. The first-order valence-electron chi connectivity index (χ1n) is 15.1. The Morgan fingerprint density at radius 1 is 0.891 bits per heavy atom. The summed E-state index contributed by atoms with van der Waals surface area (Å²) in [5, 5.41) is 3.36. The smallest absolute Gasteiger partial charge is 0.264 e. The molecule has 0 spiro atoms. The Bertz CT molecular complexity index is 1730. The predicted molar refractivity (Wildman–Crippen MR) is 183 cm³/mol. The van der Waals surface area contributed by atoms with Crippen LogP contribution >= 0.6 is 11.6 Å². The van der Waals surface area contributed by atoms with Crippen LogP contribution in [0.4, 0.5) is 5.69 Å². The van der Waals surface area contributed by atoms with Gasteiger partial charge in [-0.2, -0.15) is 0 Å². The Kier molecular flexibility index (Phi) is 11.8. The van der Waals surface area contributed by atoms with E-state index in [1.54, 1.807) is 30.3 Å². The molecule has 4 rings (SSSR count). The van der Waals surface area contributed by atoms with Crippen LogP contribution in [-0.2, 0) is 32.6 Å². The number of sulfonamides is 1. The van der Waals surface area contributed by atoms with E-state index in [0.29, 0.717) is 17.2 Å². The van der Waals surface area contributed by atoms with Gasteiger partial charge in [0.05, 0.1) is 17.7 Å². The maximum Gasteiger partial charge on any atom is 0.264 e. The van der Waals surface area contributed by atoms with Gasteiger partial charge in [0.15, 0.2) is 0 Å². The molecule has 0 radical (unpaired) electrons. The summed E-state index contributed by atoms with van der Waals surface area (Å²) in [5.74, 6) is -0.366. The standard InChI is InChI=1S/C36H40ClN3O5S/c1-5-27(3)38-36(42)34(22-28-12-7-6-8-13-28)39(24-29-14-9-11-26(2)21-29)35(41)25-40(31-16-10-15-30(37)23-31)46(43,44)33-19-17-32(45-4)18-20-33/h6-21,23,27,34H,5,22,24-25H2,1-4H3,(H,38,42)/t27-,34-/m1/s1. The number of halogens is 1. The lowest BCUT2D eigenvalue weighted by atomic mass is 10.0. The second kappa shape index (κ2) is 15.8. The molecular weight excluding hydrogens is 622 g/mol. The minimum absolute atomic E-state index is 0.0262. The second-order valence-electron chi connectivity index (χ2n) is 11.2. The fourth-order valence-corrected chi connectivity index (χ4v) is 6.63. The van der Waals surface area contributed by atoms with Gasteiger partial charge in [-0.05, 0) is 73.9 Å². The number of ether oxygens (including phenoxy) is 1. The van der Waals surface area contributed by atoms with Crippen molar-refractivity contribution in [1.29, 1.82) is 0 Å². The number of hydrogen-bond acceptors (Lipinski definition) is 5. The van der Waals surface area contributed by atoms with Crippen LogP contribution < -0.4 is 14.4 Å². The number of aryl methyl sites for hydroxylation is 1. The van der Waals surface area contributed by atoms with Crippen molar-refractivity contribution in [3.8, 4) is 5.75 Å². The molecule has 2 atom stereocenters. The number of carbonyl (C=O) groups excluding carboxylic acids is 2. The number of nitrogens with zero attached hydrogens (tertiary/aromatic N) is 2. The lowest BCUT2D eigenvalue weighted by Gasteiger charge is -2.34. The van der Waals surface area contributed by atoms with Gasteiger partial charge in [-0.25, -0.2) is 8.42 Å². The number of carbonyl (C=O) groups is 2. The Morgan fingerprint density at radius 3 is 2.20 bits per heavy atom. The fourth-order valence-electron chi connectivity index (χ4n) is 5.04. The molecule has 10 heteroatoms. The number of hydrogen-bond donors (Lipinski definition) is 1. The Morgan fingerprint density at radius 2 is 1.57 bits per heavy atom. The normalized spacial score (nSPS) is 12.5. The van der Waals surface area contributed by atoms with Crippen molar-refractivity contribution in [2.24, 2.45) is 0 Å². The SMILES string of the molecule is CC[C@@H](C)NC(=O)[C@@H](Cc1ccccc1)N(Cc1cccc(C)c1)C(=O)CN(c1cccc(Cl)c1)S(=O)(=O)c1ccc(OC)cc1. The van der Waals surface area contributed by atoms with Crippen LogP contribution in [0, 0.1) is 6.92 Å². The summed E-state index contributed by atoms with van der Waals surface area (Å²) in [7, 11) is -2.77. The summed E-state index contributed by atoms with van der Waals surface area (Å²) < 4.78 is 34.6. The maximum absolute atomic E-state index is 14.6. The summed E-state index contributed by atoms with van der Waals surface area (Å²) in [6.07, 6.45) is 0.946. The summed E-state index contributed by atoms with van der Waals surface area (Å²) in [6, 6.07) is 28.4. The molecule has 0 aliphatic carbocycles. The summed E-state index contributed by atoms with van der Waals surface area (Å²) in [4.78, 5) is 30.0. The molecule has 4 aromatic rings. The van der Waals surface area contributed by atoms with Crippen LogP contribution in [0.3, 0.4) is 0 Å². The van der Waals surface area contributed by atoms with Gasteiger partial charge in [-0.3, -0.25) is 13.9 Å². The molecule has 0 saturated heterocycles. The molecule has 242 valence electrons. The van der Waals surface area contributed by atoms with Crippen molar-refractivity contribution in [3.63, 3.8) is 0 Å². The van der Waals surface area contributed by atoms with Crippen LogP contribution in [0.5, 0.6) is 5.75 Å². The van der Waals surface area contributed by atoms with Crippen LogP contribution in [0.1, 0.15) is 37.0 Å². The van der Waals surface area contributed by atoms with Crippen LogP contribution in [0.2, 0.25) is 5.02 Å². The van der Waals surface area contributed by atoms with Gasteiger partial charge in [-0.15, -0.1) is 0 Å². The van der Waals surface area contributed by atoms with Crippen molar-refractivity contribution >= 4 is 39.1 Å². The third-order valence-corrected chi connectivity index (χ3v) is 9.75. The Hall–Kier alpha value is -4.34. The van der Waals surface area contributed by atoms with E-state index in [2.05, 4.69) is 5.32 Å². The number of rotatable bonds is 14. The van der Waals surface area contributed by atoms with Gasteiger partial charge >= 0.3 is 0 Å². The van der Waals surface area contributed by atoms with Crippen molar-refractivity contribution < 1.29 is 22.7 Å². The predicted octanol–water partition coefficient (Wildman–Crippen LogP) is 6.41. The largest absolute Gasteiger partial charge is 0.497 e. The molecule has 0 unspecified atom stereocenters. The molecule has 2 amide bonds. The number of amides is 2. The van der Waals surface area contributed by atoms with Crippen molar-refractivity contribution in [2.75, 3.05) is 18.0 Å². The van der Waals surface area contributed by atoms with E-state index in [4.69, 9.17) is 16.3 Å². The molecule has 0 aliphatic heterocycles. The second-order valence-corrected chi connectivity index (χ2v) is 13.5. The van der Waals surface area contributed by atoms with Gasteiger partial charge < -0.3 is 15.0 Å². The monoisotopic (exact) mass is 661 g/mol. The van der Waals surface area contributed by atoms with E-state index in [9.17, 15) is 18.0 Å². The number of methoxy groups -OCH3 is 1. The molecule has 0 fully saturated rings.